The summed E-state index contributed by atoms with van der Waals surface area (Å²) in [6.45, 7) is 0. The Balaban J connectivity index is 0.00000112. The average molecular weight is 246 g/mol. The van der Waals surface area contributed by atoms with Gasteiger partial charge in [0, 0.05) is 13.2 Å². The minimum absolute atomic E-state index is 0. The van der Waals surface area contributed by atoms with Gasteiger partial charge in [-0.25, -0.2) is 0 Å². The Bertz CT molecular complexity index is 242. The van der Waals surface area contributed by atoms with Crippen LogP contribution in [0.5, 0.6) is 0 Å². The third-order valence-electron chi connectivity index (χ3n) is 3.62. The Labute approximate surface area is 92.8 Å². The van der Waals surface area contributed by atoms with Gasteiger partial charge in [0.1, 0.15) is 0 Å². The zero-order valence-electron chi connectivity index (χ0n) is 8.43. The minimum atomic E-state index is -4.24. The quantitative estimate of drug-likeness (QED) is 0.769. The maximum absolute atomic E-state index is 12.6. The highest BCUT2D eigenvalue weighted by Crippen LogP contribution is 2.65. The number of methoxy groups -OCH3 is 1. The number of rotatable bonds is 1. The van der Waals surface area contributed by atoms with Crippen LogP contribution in [-0.4, -0.2) is 24.9 Å². The third-order valence-corrected chi connectivity index (χ3v) is 3.62. The van der Waals surface area contributed by atoms with Crippen molar-refractivity contribution >= 4 is 12.4 Å². The monoisotopic (exact) mass is 245 g/mol. The molecular weight excluding hydrogens is 231 g/mol. The van der Waals surface area contributed by atoms with E-state index in [1.165, 1.54) is 0 Å². The molecule has 2 aliphatic rings. The van der Waals surface area contributed by atoms with Crippen LogP contribution < -0.4 is 5.73 Å². The van der Waals surface area contributed by atoms with Crippen molar-refractivity contribution in [2.45, 2.75) is 43.5 Å². The fraction of sp³-hybridized carbons (Fsp3) is 1.00. The van der Waals surface area contributed by atoms with E-state index in [0.717, 1.165) is 7.11 Å². The highest BCUT2D eigenvalue weighted by atomic mass is 35.5. The summed E-state index contributed by atoms with van der Waals surface area (Å²) < 4.78 is 42.4. The molecule has 0 amide bonds. The smallest absolute Gasteiger partial charge is 0.369 e. The lowest BCUT2D eigenvalue weighted by molar-refractivity contribution is -0.336. The molecule has 90 valence electrons. The largest absolute Gasteiger partial charge is 0.417 e. The summed E-state index contributed by atoms with van der Waals surface area (Å²) in [5.74, 6) is 0. The number of ether oxygens (including phenoxy) is 1. The normalized spacial score (nSPS) is 44.2. The lowest BCUT2D eigenvalue weighted by atomic mass is 9.48. The van der Waals surface area contributed by atoms with Gasteiger partial charge in [-0.15, -0.1) is 12.4 Å². The van der Waals surface area contributed by atoms with E-state index in [4.69, 9.17) is 5.73 Å². The van der Waals surface area contributed by atoms with Crippen LogP contribution in [0.2, 0.25) is 0 Å². The topological polar surface area (TPSA) is 35.2 Å². The van der Waals surface area contributed by atoms with Gasteiger partial charge in [-0.2, -0.15) is 13.2 Å². The summed E-state index contributed by atoms with van der Waals surface area (Å²) in [5, 5.41) is 0. The highest BCUT2D eigenvalue weighted by molar-refractivity contribution is 5.85. The number of alkyl halides is 3. The fourth-order valence-electron chi connectivity index (χ4n) is 2.96. The van der Waals surface area contributed by atoms with E-state index >= 15 is 0 Å². The Kier molecular flexibility index (Phi) is 3.05. The molecule has 0 saturated heterocycles. The van der Waals surface area contributed by atoms with Crippen molar-refractivity contribution in [1.29, 1.82) is 0 Å². The summed E-state index contributed by atoms with van der Waals surface area (Å²) in [4.78, 5) is 0. The molecule has 0 bridgehead atoms. The number of nitrogens with two attached hydrogens (primary N) is 1. The first kappa shape index (κ1) is 13.1. The van der Waals surface area contributed by atoms with Crippen LogP contribution in [0.25, 0.3) is 0 Å². The molecule has 0 aromatic carbocycles. The van der Waals surface area contributed by atoms with E-state index in [0.29, 0.717) is 12.8 Å². The SMILES string of the molecule is COC1(C(F)(F)F)CC2(CC(N)C2)C1.Cl. The van der Waals surface area contributed by atoms with Gasteiger partial charge in [-0.05, 0) is 31.1 Å². The van der Waals surface area contributed by atoms with Crippen LogP contribution in [0.4, 0.5) is 13.2 Å². The maximum Gasteiger partial charge on any atom is 0.417 e. The van der Waals surface area contributed by atoms with Crippen molar-refractivity contribution in [2.24, 2.45) is 11.1 Å². The summed E-state index contributed by atoms with van der Waals surface area (Å²) in [7, 11) is 1.14. The second-order valence-electron chi connectivity index (χ2n) is 4.72. The van der Waals surface area contributed by atoms with Gasteiger partial charge in [0.25, 0.3) is 0 Å². The molecule has 0 atom stereocenters. The second kappa shape index (κ2) is 3.50. The van der Waals surface area contributed by atoms with Gasteiger partial charge in [-0.3, -0.25) is 0 Å². The number of hydrogen-bond acceptors (Lipinski definition) is 2. The first-order chi connectivity index (χ1) is 6.33. The molecular formula is C9H15ClF3NO. The average Bonchev–Trinajstić information content (AvgIpc) is 1.90. The molecule has 0 heterocycles. The van der Waals surface area contributed by atoms with Crippen LogP contribution in [0, 0.1) is 5.41 Å². The van der Waals surface area contributed by atoms with E-state index < -0.39 is 11.8 Å². The molecule has 2 saturated carbocycles. The zero-order chi connectivity index (χ0) is 10.6. The predicted octanol–water partition coefficient (Wildman–Crippen LogP) is 2.26. The molecule has 1 spiro atoms. The Hall–Kier alpha value is 0. The Morgan fingerprint density at radius 2 is 1.73 bits per heavy atom. The van der Waals surface area contributed by atoms with Crippen molar-refractivity contribution in [1.82, 2.24) is 0 Å². The van der Waals surface area contributed by atoms with E-state index in [1.54, 1.807) is 0 Å². The molecule has 2 rings (SSSR count). The second-order valence-corrected chi connectivity index (χ2v) is 4.72. The molecule has 0 unspecified atom stereocenters. The van der Waals surface area contributed by atoms with Gasteiger partial charge in [0.05, 0.1) is 0 Å². The molecule has 0 aliphatic heterocycles. The van der Waals surface area contributed by atoms with Crippen LogP contribution in [0.3, 0.4) is 0 Å². The van der Waals surface area contributed by atoms with E-state index in [-0.39, 0.29) is 36.7 Å². The maximum atomic E-state index is 12.6. The van der Waals surface area contributed by atoms with Gasteiger partial charge in [0.15, 0.2) is 5.60 Å². The number of hydrogen-bond donors (Lipinski definition) is 1. The lowest BCUT2D eigenvalue weighted by Gasteiger charge is -2.62. The third kappa shape index (κ3) is 1.74. The van der Waals surface area contributed by atoms with Crippen LogP contribution in [-0.2, 0) is 4.74 Å². The molecule has 0 aromatic rings. The van der Waals surface area contributed by atoms with Crippen molar-refractivity contribution in [2.75, 3.05) is 7.11 Å². The van der Waals surface area contributed by atoms with Gasteiger partial charge < -0.3 is 10.5 Å². The van der Waals surface area contributed by atoms with E-state index in [9.17, 15) is 13.2 Å². The molecule has 2 N–H and O–H groups in total. The summed E-state index contributed by atoms with van der Waals surface area (Å²) >= 11 is 0. The lowest BCUT2D eigenvalue weighted by Crippen LogP contribution is -2.67. The first-order valence-corrected chi connectivity index (χ1v) is 4.70. The minimum Gasteiger partial charge on any atom is -0.369 e. The van der Waals surface area contributed by atoms with E-state index in [1.807, 2.05) is 0 Å². The van der Waals surface area contributed by atoms with Crippen molar-refractivity contribution in [3.63, 3.8) is 0 Å². The Morgan fingerprint density at radius 3 is 2.00 bits per heavy atom. The Morgan fingerprint density at radius 1 is 1.27 bits per heavy atom. The first-order valence-electron chi connectivity index (χ1n) is 4.70. The van der Waals surface area contributed by atoms with Crippen LogP contribution in [0.1, 0.15) is 25.7 Å². The number of halogens is 4. The van der Waals surface area contributed by atoms with Gasteiger partial charge >= 0.3 is 6.18 Å². The van der Waals surface area contributed by atoms with Crippen LogP contribution in [0.15, 0.2) is 0 Å². The van der Waals surface area contributed by atoms with Gasteiger partial charge in [-0.1, -0.05) is 0 Å². The van der Waals surface area contributed by atoms with Crippen molar-refractivity contribution < 1.29 is 17.9 Å². The molecule has 15 heavy (non-hydrogen) atoms. The highest BCUT2D eigenvalue weighted by Gasteiger charge is 2.70. The molecule has 2 aliphatic carbocycles. The summed E-state index contributed by atoms with van der Waals surface area (Å²) in [5.41, 5.74) is 3.54. The summed E-state index contributed by atoms with van der Waals surface area (Å²) in [6, 6.07) is 0.0955. The fourth-order valence-corrected chi connectivity index (χ4v) is 2.96. The molecule has 0 aromatic heterocycles. The molecule has 2 nitrogen and oxygen atoms in total. The molecule has 6 heteroatoms. The van der Waals surface area contributed by atoms with Crippen LogP contribution >= 0.6 is 12.4 Å². The summed E-state index contributed by atoms with van der Waals surface area (Å²) in [6.07, 6.45) is -2.63. The standard InChI is InChI=1S/C9H14F3NO.ClH/c1-14-8(9(10,11)12)4-7(5-8)2-6(13)3-7;/h6H,2-5,13H2,1H3;1H. The zero-order valence-corrected chi connectivity index (χ0v) is 9.25. The molecule has 2 fully saturated rings. The van der Waals surface area contributed by atoms with Gasteiger partial charge in [0.2, 0.25) is 0 Å². The van der Waals surface area contributed by atoms with Crippen molar-refractivity contribution in [3.05, 3.63) is 0 Å². The molecule has 0 radical (unpaired) electrons. The predicted molar refractivity (Wildman–Crippen MR) is 51.9 cm³/mol. The van der Waals surface area contributed by atoms with Crippen molar-refractivity contribution in [3.8, 4) is 0 Å². The van der Waals surface area contributed by atoms with E-state index in [2.05, 4.69) is 4.74 Å².